The molecule has 1 aliphatic rings. The largest absolute Gasteiger partial charge is 0.497 e. The first-order valence-corrected chi connectivity index (χ1v) is 6.74. The maximum absolute atomic E-state index is 13.2. The van der Waals surface area contributed by atoms with Gasteiger partial charge in [-0.05, 0) is 23.6 Å². The zero-order valence-corrected chi connectivity index (χ0v) is 11.8. The number of halogens is 2. The number of nitrogens with one attached hydrogen (secondary N) is 1. The monoisotopic (exact) mass is 308 g/mol. The number of pyridine rings is 1. The van der Waals surface area contributed by atoms with Gasteiger partial charge in [-0.25, -0.2) is 4.98 Å². The van der Waals surface area contributed by atoms with Crippen LogP contribution >= 0.6 is 0 Å². The van der Waals surface area contributed by atoms with E-state index < -0.39 is 24.3 Å². The molecular weight excluding hydrogens is 294 g/mol. The van der Waals surface area contributed by atoms with Crippen molar-refractivity contribution in [3.05, 3.63) is 30.5 Å². The van der Waals surface area contributed by atoms with Crippen LogP contribution in [-0.2, 0) is 4.79 Å². The topological polar surface area (TPSA) is 60.5 Å². The summed E-state index contributed by atoms with van der Waals surface area (Å²) < 4.78 is 37.0. The molecule has 0 unspecified atom stereocenters. The number of nitrogens with zero attached hydrogens (tertiary/aromatic N) is 1. The summed E-state index contributed by atoms with van der Waals surface area (Å²) in [5.74, 6) is -3.62. The Morgan fingerprint density at radius 1 is 1.41 bits per heavy atom. The third kappa shape index (κ3) is 2.66. The van der Waals surface area contributed by atoms with E-state index in [1.165, 1.54) is 0 Å². The highest BCUT2D eigenvalue weighted by Gasteiger charge is 2.48. The number of ether oxygens (including phenoxy) is 2. The van der Waals surface area contributed by atoms with Crippen LogP contribution in [0.5, 0.6) is 11.6 Å². The molecule has 2 aromatic rings. The Morgan fingerprint density at radius 2 is 2.23 bits per heavy atom. The molecule has 3 rings (SSSR count). The molecule has 0 saturated carbocycles. The summed E-state index contributed by atoms with van der Waals surface area (Å²) in [4.78, 5) is 15.2. The summed E-state index contributed by atoms with van der Waals surface area (Å²) in [6.45, 7) is -0.0648. The fraction of sp³-hybridized carbons (Fsp3) is 0.333. The maximum Gasteiger partial charge on any atom is 0.326 e. The van der Waals surface area contributed by atoms with Crippen LogP contribution in [0.15, 0.2) is 30.5 Å². The summed E-state index contributed by atoms with van der Waals surface area (Å²) in [5, 5.41) is 3.83. The molecule has 1 aromatic carbocycles. The summed E-state index contributed by atoms with van der Waals surface area (Å²) >= 11 is 0. The van der Waals surface area contributed by atoms with E-state index in [2.05, 4.69) is 10.3 Å². The van der Waals surface area contributed by atoms with E-state index in [-0.39, 0.29) is 6.61 Å². The normalized spacial score (nSPS) is 20.0. The number of carbonyl (C=O) groups is 1. The van der Waals surface area contributed by atoms with Crippen molar-refractivity contribution in [3.63, 3.8) is 0 Å². The van der Waals surface area contributed by atoms with Gasteiger partial charge in [0.15, 0.2) is 0 Å². The predicted molar refractivity (Wildman–Crippen MR) is 75.3 cm³/mol. The van der Waals surface area contributed by atoms with E-state index in [1.807, 2.05) is 18.2 Å². The maximum atomic E-state index is 13.2. The van der Waals surface area contributed by atoms with Crippen molar-refractivity contribution in [2.45, 2.75) is 18.4 Å². The molecule has 116 valence electrons. The molecule has 0 bridgehead atoms. The van der Waals surface area contributed by atoms with Crippen LogP contribution in [0.25, 0.3) is 10.8 Å². The van der Waals surface area contributed by atoms with Crippen molar-refractivity contribution >= 4 is 16.7 Å². The van der Waals surface area contributed by atoms with Crippen LogP contribution in [0, 0.1) is 0 Å². The number of hydrogen-bond donors (Lipinski definition) is 1. The van der Waals surface area contributed by atoms with Crippen LogP contribution < -0.4 is 14.8 Å². The van der Waals surface area contributed by atoms with E-state index in [4.69, 9.17) is 9.47 Å². The molecule has 0 aliphatic carbocycles. The molecule has 5 nitrogen and oxygen atoms in total. The molecule has 1 aliphatic heterocycles. The first-order valence-electron chi connectivity index (χ1n) is 6.74. The van der Waals surface area contributed by atoms with E-state index in [0.717, 1.165) is 10.8 Å². The minimum absolute atomic E-state index is 0.0648. The second-order valence-electron chi connectivity index (χ2n) is 5.09. The van der Waals surface area contributed by atoms with Gasteiger partial charge in [-0.2, -0.15) is 8.78 Å². The molecule has 1 atom stereocenters. The molecule has 0 radical (unpaired) electrons. The zero-order chi connectivity index (χ0) is 15.7. The van der Waals surface area contributed by atoms with Gasteiger partial charge in [0, 0.05) is 18.0 Å². The third-order valence-electron chi connectivity index (χ3n) is 3.53. The van der Waals surface area contributed by atoms with Gasteiger partial charge < -0.3 is 14.8 Å². The number of amides is 1. The van der Waals surface area contributed by atoms with Crippen LogP contribution in [0.3, 0.4) is 0 Å². The second kappa shape index (κ2) is 5.40. The van der Waals surface area contributed by atoms with Crippen molar-refractivity contribution in [2.24, 2.45) is 0 Å². The van der Waals surface area contributed by atoms with E-state index in [0.29, 0.717) is 11.6 Å². The Morgan fingerprint density at radius 3 is 2.91 bits per heavy atom. The lowest BCUT2D eigenvalue weighted by Gasteiger charge is -2.13. The first-order chi connectivity index (χ1) is 10.5. The van der Waals surface area contributed by atoms with Crippen molar-refractivity contribution in [3.8, 4) is 11.6 Å². The number of benzene rings is 1. The molecule has 1 saturated heterocycles. The Bertz CT molecular complexity index is 721. The third-order valence-corrected chi connectivity index (χ3v) is 3.53. The van der Waals surface area contributed by atoms with Gasteiger partial charge in [0.1, 0.15) is 12.4 Å². The van der Waals surface area contributed by atoms with Gasteiger partial charge in [-0.1, -0.05) is 6.07 Å². The predicted octanol–water partition coefficient (Wildman–Crippen LogP) is 2.15. The Labute approximate surface area is 125 Å². The van der Waals surface area contributed by atoms with Gasteiger partial charge in [0.25, 0.3) is 5.91 Å². The average Bonchev–Trinajstić information content (AvgIpc) is 2.77. The SMILES string of the molecule is COc1ccc2ccnc(OC[C@@H]3CC(F)(F)C(=O)N3)c2c1. The smallest absolute Gasteiger partial charge is 0.326 e. The van der Waals surface area contributed by atoms with Crippen molar-refractivity contribution in [1.29, 1.82) is 0 Å². The van der Waals surface area contributed by atoms with Gasteiger partial charge in [0.2, 0.25) is 5.88 Å². The zero-order valence-electron chi connectivity index (χ0n) is 11.8. The van der Waals surface area contributed by atoms with Crippen molar-refractivity contribution < 1.29 is 23.0 Å². The molecule has 7 heteroatoms. The highest BCUT2D eigenvalue weighted by atomic mass is 19.3. The fourth-order valence-corrected chi connectivity index (χ4v) is 2.39. The summed E-state index contributed by atoms with van der Waals surface area (Å²) in [5.41, 5.74) is 0. The molecule has 1 N–H and O–H groups in total. The lowest BCUT2D eigenvalue weighted by Crippen LogP contribution is -2.33. The molecule has 1 amide bonds. The minimum Gasteiger partial charge on any atom is -0.497 e. The number of fused-ring (bicyclic) bond motifs is 1. The van der Waals surface area contributed by atoms with Crippen LogP contribution in [-0.4, -0.2) is 36.6 Å². The molecule has 2 heterocycles. The van der Waals surface area contributed by atoms with E-state index in [1.54, 1.807) is 19.4 Å². The Balaban J connectivity index is 1.78. The van der Waals surface area contributed by atoms with E-state index >= 15 is 0 Å². The fourth-order valence-electron chi connectivity index (χ4n) is 2.39. The number of carbonyl (C=O) groups excluding carboxylic acids is 1. The Hall–Kier alpha value is -2.44. The molecule has 1 aromatic heterocycles. The first kappa shape index (κ1) is 14.5. The van der Waals surface area contributed by atoms with Crippen LogP contribution in [0.2, 0.25) is 0 Å². The second-order valence-corrected chi connectivity index (χ2v) is 5.09. The number of rotatable bonds is 4. The lowest BCUT2D eigenvalue weighted by molar-refractivity contribution is -0.139. The highest BCUT2D eigenvalue weighted by molar-refractivity contribution is 5.88. The molecular formula is C15H14F2N2O3. The standard InChI is InChI=1S/C15H14F2N2O3/c1-21-11-3-2-9-4-5-18-13(12(9)6-11)22-8-10-7-15(16,17)14(20)19-10/h2-6,10H,7-8H2,1H3,(H,19,20)/t10-/m0/s1. The quantitative estimate of drug-likeness (QED) is 0.940. The number of hydrogen-bond acceptors (Lipinski definition) is 4. The van der Waals surface area contributed by atoms with Crippen molar-refractivity contribution in [2.75, 3.05) is 13.7 Å². The average molecular weight is 308 g/mol. The van der Waals surface area contributed by atoms with Gasteiger partial charge in [-0.15, -0.1) is 0 Å². The molecule has 1 fully saturated rings. The number of aromatic nitrogens is 1. The number of methoxy groups -OCH3 is 1. The van der Waals surface area contributed by atoms with Gasteiger partial charge in [0.05, 0.1) is 13.2 Å². The van der Waals surface area contributed by atoms with Crippen LogP contribution in [0.4, 0.5) is 8.78 Å². The van der Waals surface area contributed by atoms with Gasteiger partial charge in [-0.3, -0.25) is 4.79 Å². The molecule has 0 spiro atoms. The van der Waals surface area contributed by atoms with Gasteiger partial charge >= 0.3 is 5.92 Å². The van der Waals surface area contributed by atoms with E-state index in [9.17, 15) is 13.6 Å². The minimum atomic E-state index is -3.33. The van der Waals surface area contributed by atoms with Crippen LogP contribution in [0.1, 0.15) is 6.42 Å². The summed E-state index contributed by atoms with van der Waals surface area (Å²) in [6, 6.07) is 6.51. The summed E-state index contributed by atoms with van der Waals surface area (Å²) in [7, 11) is 1.55. The van der Waals surface area contributed by atoms with Crippen molar-refractivity contribution in [1.82, 2.24) is 10.3 Å². The summed E-state index contributed by atoms with van der Waals surface area (Å²) in [6.07, 6.45) is 1.01. The highest BCUT2D eigenvalue weighted by Crippen LogP contribution is 2.29. The Kier molecular flexibility index (Phi) is 3.56. The number of alkyl halides is 2. The lowest BCUT2D eigenvalue weighted by atomic mass is 10.1. The molecule has 22 heavy (non-hydrogen) atoms.